The molecule has 0 aromatic heterocycles. The summed E-state index contributed by atoms with van der Waals surface area (Å²) >= 11 is 0. The SMILES string of the molecule is CCCC.O=C(O)/C=C/c1ccc(C(=O)O)cc1. The Hall–Kier alpha value is -2.10. The first-order valence-electron chi connectivity index (χ1n) is 5.75. The lowest BCUT2D eigenvalue weighted by molar-refractivity contribution is -0.131. The monoisotopic (exact) mass is 250 g/mol. The number of rotatable bonds is 4. The van der Waals surface area contributed by atoms with Crippen LogP contribution in [0.4, 0.5) is 0 Å². The largest absolute Gasteiger partial charge is 0.478 e. The van der Waals surface area contributed by atoms with Crippen LogP contribution in [0.5, 0.6) is 0 Å². The zero-order valence-corrected chi connectivity index (χ0v) is 10.6. The number of hydrogen-bond donors (Lipinski definition) is 2. The number of carbonyl (C=O) groups is 2. The van der Waals surface area contributed by atoms with Crippen molar-refractivity contribution in [3.8, 4) is 0 Å². The number of hydrogen-bond acceptors (Lipinski definition) is 2. The van der Waals surface area contributed by atoms with Crippen LogP contribution in [-0.4, -0.2) is 22.2 Å². The molecular weight excluding hydrogens is 232 g/mol. The molecular formula is C14H18O4. The van der Waals surface area contributed by atoms with E-state index >= 15 is 0 Å². The predicted molar refractivity (Wildman–Crippen MR) is 70.7 cm³/mol. The second-order valence-electron chi connectivity index (χ2n) is 3.60. The van der Waals surface area contributed by atoms with Crippen LogP contribution in [0.3, 0.4) is 0 Å². The zero-order valence-electron chi connectivity index (χ0n) is 10.6. The van der Waals surface area contributed by atoms with E-state index in [-0.39, 0.29) is 5.56 Å². The molecule has 0 aliphatic carbocycles. The summed E-state index contributed by atoms with van der Waals surface area (Å²) in [5.41, 5.74) is 0.829. The van der Waals surface area contributed by atoms with Gasteiger partial charge >= 0.3 is 11.9 Å². The minimum Gasteiger partial charge on any atom is -0.478 e. The molecule has 1 aromatic rings. The summed E-state index contributed by atoms with van der Waals surface area (Å²) in [6, 6.07) is 5.93. The number of aliphatic carboxylic acids is 1. The van der Waals surface area contributed by atoms with Crippen LogP contribution < -0.4 is 0 Å². The standard InChI is InChI=1S/C10H8O4.C4H10/c11-9(12)6-3-7-1-4-8(5-2-7)10(13)14;1-3-4-2/h1-6H,(H,11,12)(H,13,14);3-4H2,1-2H3/b6-3+;. The van der Waals surface area contributed by atoms with E-state index in [1.165, 1.54) is 31.1 Å². The molecule has 0 radical (unpaired) electrons. The van der Waals surface area contributed by atoms with Crippen molar-refractivity contribution >= 4 is 18.0 Å². The maximum atomic E-state index is 10.5. The third-order valence-electron chi connectivity index (χ3n) is 2.08. The van der Waals surface area contributed by atoms with E-state index in [9.17, 15) is 9.59 Å². The van der Waals surface area contributed by atoms with Gasteiger partial charge in [0.05, 0.1) is 5.56 Å². The van der Waals surface area contributed by atoms with Crippen molar-refractivity contribution in [2.75, 3.05) is 0 Å². The summed E-state index contributed by atoms with van der Waals surface area (Å²) in [7, 11) is 0. The van der Waals surface area contributed by atoms with Crippen molar-refractivity contribution < 1.29 is 19.8 Å². The highest BCUT2D eigenvalue weighted by Crippen LogP contribution is 2.05. The minimum atomic E-state index is -1.03. The molecule has 0 spiro atoms. The second kappa shape index (κ2) is 8.98. The lowest BCUT2D eigenvalue weighted by atomic mass is 10.1. The van der Waals surface area contributed by atoms with Gasteiger partial charge in [-0.25, -0.2) is 9.59 Å². The first-order chi connectivity index (χ1) is 8.51. The van der Waals surface area contributed by atoms with Crippen LogP contribution in [0.2, 0.25) is 0 Å². The summed E-state index contributed by atoms with van der Waals surface area (Å²) in [5.74, 6) is -2.04. The summed E-state index contributed by atoms with van der Waals surface area (Å²) in [4.78, 5) is 20.6. The molecule has 4 nitrogen and oxygen atoms in total. The highest BCUT2D eigenvalue weighted by Gasteiger charge is 1.99. The molecule has 1 rings (SSSR count). The van der Waals surface area contributed by atoms with Crippen molar-refractivity contribution in [2.45, 2.75) is 26.7 Å². The average Bonchev–Trinajstić information content (AvgIpc) is 2.37. The van der Waals surface area contributed by atoms with Gasteiger partial charge in [-0.15, -0.1) is 0 Å². The van der Waals surface area contributed by atoms with Crippen LogP contribution in [0.25, 0.3) is 6.08 Å². The molecule has 0 atom stereocenters. The van der Waals surface area contributed by atoms with Crippen LogP contribution in [-0.2, 0) is 4.79 Å². The Morgan fingerprint density at radius 2 is 1.56 bits per heavy atom. The van der Waals surface area contributed by atoms with Gasteiger partial charge in [-0.2, -0.15) is 0 Å². The Balaban J connectivity index is 0.000000631. The molecule has 0 aliphatic rings. The molecule has 0 fully saturated rings. The van der Waals surface area contributed by atoms with Crippen molar-refractivity contribution in [3.05, 3.63) is 41.5 Å². The van der Waals surface area contributed by atoms with E-state index in [1.54, 1.807) is 12.1 Å². The van der Waals surface area contributed by atoms with Crippen LogP contribution in [0.1, 0.15) is 42.6 Å². The third-order valence-corrected chi connectivity index (χ3v) is 2.08. The highest BCUT2D eigenvalue weighted by atomic mass is 16.4. The van der Waals surface area contributed by atoms with Gasteiger partial charge in [-0.1, -0.05) is 38.8 Å². The highest BCUT2D eigenvalue weighted by molar-refractivity contribution is 5.88. The fourth-order valence-electron chi connectivity index (χ4n) is 0.904. The van der Waals surface area contributed by atoms with Crippen LogP contribution in [0, 0.1) is 0 Å². The molecule has 1 aromatic carbocycles. The smallest absolute Gasteiger partial charge is 0.335 e. The lowest BCUT2D eigenvalue weighted by Gasteiger charge is -1.94. The molecule has 0 unspecified atom stereocenters. The lowest BCUT2D eigenvalue weighted by Crippen LogP contribution is -1.94. The van der Waals surface area contributed by atoms with Gasteiger partial charge in [0.15, 0.2) is 0 Å². The molecule has 0 bridgehead atoms. The van der Waals surface area contributed by atoms with Gasteiger partial charge in [-0.05, 0) is 23.8 Å². The summed E-state index contributed by atoms with van der Waals surface area (Å²) in [6.45, 7) is 4.36. The Morgan fingerprint density at radius 1 is 1.06 bits per heavy atom. The topological polar surface area (TPSA) is 74.6 Å². The van der Waals surface area contributed by atoms with Gasteiger partial charge in [0.2, 0.25) is 0 Å². The third kappa shape index (κ3) is 7.22. The van der Waals surface area contributed by atoms with Crippen molar-refractivity contribution in [2.24, 2.45) is 0 Å². The Bertz CT molecular complexity index is 402. The molecule has 0 amide bonds. The maximum Gasteiger partial charge on any atom is 0.335 e. The molecule has 4 heteroatoms. The van der Waals surface area contributed by atoms with Crippen LogP contribution in [0.15, 0.2) is 30.3 Å². The van der Waals surface area contributed by atoms with E-state index in [0.29, 0.717) is 5.56 Å². The van der Waals surface area contributed by atoms with E-state index in [2.05, 4.69) is 13.8 Å². The van der Waals surface area contributed by atoms with Crippen molar-refractivity contribution in [1.29, 1.82) is 0 Å². The average molecular weight is 250 g/mol. The summed E-state index contributed by atoms with van der Waals surface area (Å²) in [6.07, 6.45) is 5.03. The number of aromatic carboxylic acids is 1. The molecule has 0 saturated heterocycles. The number of unbranched alkanes of at least 4 members (excludes halogenated alkanes) is 1. The van der Waals surface area contributed by atoms with Gasteiger partial charge < -0.3 is 10.2 Å². The molecule has 18 heavy (non-hydrogen) atoms. The fourth-order valence-corrected chi connectivity index (χ4v) is 0.904. The Morgan fingerprint density at radius 3 is 1.89 bits per heavy atom. The molecule has 0 saturated carbocycles. The fraction of sp³-hybridized carbons (Fsp3) is 0.286. The minimum absolute atomic E-state index is 0.178. The zero-order chi connectivity index (χ0) is 14.0. The normalized spacial score (nSPS) is 9.67. The maximum absolute atomic E-state index is 10.5. The van der Waals surface area contributed by atoms with Gasteiger partial charge in [0, 0.05) is 6.08 Å². The van der Waals surface area contributed by atoms with Crippen LogP contribution >= 0.6 is 0 Å². The van der Waals surface area contributed by atoms with Gasteiger partial charge in [0.25, 0.3) is 0 Å². The number of benzene rings is 1. The van der Waals surface area contributed by atoms with E-state index in [1.807, 2.05) is 0 Å². The van der Waals surface area contributed by atoms with Crippen molar-refractivity contribution in [3.63, 3.8) is 0 Å². The van der Waals surface area contributed by atoms with E-state index in [4.69, 9.17) is 10.2 Å². The Labute approximate surface area is 107 Å². The van der Waals surface area contributed by atoms with E-state index < -0.39 is 11.9 Å². The quantitative estimate of drug-likeness (QED) is 0.804. The van der Waals surface area contributed by atoms with Gasteiger partial charge in [-0.3, -0.25) is 0 Å². The molecule has 0 aliphatic heterocycles. The second-order valence-corrected chi connectivity index (χ2v) is 3.60. The first-order valence-corrected chi connectivity index (χ1v) is 5.75. The number of carboxylic acids is 2. The molecule has 0 heterocycles. The predicted octanol–water partition coefficient (Wildman–Crippen LogP) is 3.29. The summed E-state index contributed by atoms with van der Waals surface area (Å²) in [5, 5.41) is 16.9. The van der Waals surface area contributed by atoms with Gasteiger partial charge in [0.1, 0.15) is 0 Å². The molecule has 98 valence electrons. The summed E-state index contributed by atoms with van der Waals surface area (Å²) < 4.78 is 0. The number of carboxylic acid groups (broad SMARTS) is 2. The first kappa shape index (κ1) is 15.9. The van der Waals surface area contributed by atoms with Crippen molar-refractivity contribution in [1.82, 2.24) is 0 Å². The molecule has 2 N–H and O–H groups in total. The Kier molecular flexibility index (Phi) is 7.94. The van der Waals surface area contributed by atoms with E-state index in [0.717, 1.165) is 6.08 Å².